The monoisotopic (exact) mass is 400 g/mol. The molecule has 1 N–H and O–H groups in total. The molecule has 1 saturated carbocycles. The van der Waals surface area contributed by atoms with Gasteiger partial charge in [-0.25, -0.2) is 0 Å². The van der Waals surface area contributed by atoms with Crippen LogP contribution in [0.2, 0.25) is 5.02 Å². The van der Waals surface area contributed by atoms with Crippen molar-refractivity contribution in [2.45, 2.75) is 39.2 Å². The van der Waals surface area contributed by atoms with Crippen LogP contribution >= 0.6 is 11.6 Å². The lowest BCUT2D eigenvalue weighted by Crippen LogP contribution is -2.20. The minimum absolute atomic E-state index is 0.154. The van der Waals surface area contributed by atoms with E-state index in [-0.39, 0.29) is 12.5 Å². The van der Waals surface area contributed by atoms with Gasteiger partial charge >= 0.3 is 0 Å². The molecule has 3 aromatic rings. The van der Waals surface area contributed by atoms with E-state index in [0.717, 1.165) is 29.8 Å². The lowest BCUT2D eigenvalue weighted by Gasteiger charge is -2.11. The summed E-state index contributed by atoms with van der Waals surface area (Å²) in [5, 5.41) is 11.6. The summed E-state index contributed by atoms with van der Waals surface area (Å²) in [6, 6.07) is 7.10. The van der Waals surface area contributed by atoms with Crippen molar-refractivity contribution in [3.63, 3.8) is 0 Å². The van der Waals surface area contributed by atoms with Gasteiger partial charge in [-0.1, -0.05) is 11.6 Å². The van der Waals surface area contributed by atoms with Crippen LogP contribution in [0.5, 0.6) is 5.75 Å². The molecule has 1 fully saturated rings. The van der Waals surface area contributed by atoms with Gasteiger partial charge < -0.3 is 19.0 Å². The zero-order valence-electron chi connectivity index (χ0n) is 16.0. The van der Waals surface area contributed by atoms with Gasteiger partial charge in [-0.3, -0.25) is 4.79 Å². The Morgan fingerprint density at radius 1 is 1.32 bits per heavy atom. The summed E-state index contributed by atoms with van der Waals surface area (Å²) >= 11 is 6.12. The molecule has 28 heavy (non-hydrogen) atoms. The van der Waals surface area contributed by atoms with Crippen molar-refractivity contribution in [2.24, 2.45) is 0 Å². The standard InChI is InChI=1S/C20H21ClN4O3/c1-11-8-15(20-24-23-19(28-20)13-4-5-13)12(2)25(11)10-18(26)22-14-6-7-17(27-3)16(21)9-14/h6-9,13H,4-5,10H2,1-3H3,(H,22,26). The third-order valence-electron chi connectivity index (χ3n) is 4.91. The molecule has 146 valence electrons. The van der Waals surface area contributed by atoms with E-state index in [2.05, 4.69) is 15.5 Å². The molecule has 8 heteroatoms. The van der Waals surface area contributed by atoms with Crippen LogP contribution in [0.15, 0.2) is 28.7 Å². The summed E-state index contributed by atoms with van der Waals surface area (Å²) in [6.45, 7) is 4.07. The van der Waals surface area contributed by atoms with Crippen LogP contribution in [-0.4, -0.2) is 27.8 Å². The van der Waals surface area contributed by atoms with E-state index in [9.17, 15) is 4.79 Å². The van der Waals surface area contributed by atoms with Crippen molar-refractivity contribution in [2.75, 3.05) is 12.4 Å². The number of nitrogens with one attached hydrogen (secondary N) is 1. The van der Waals surface area contributed by atoms with E-state index >= 15 is 0 Å². The Kier molecular flexibility index (Phi) is 4.85. The number of halogens is 1. The molecule has 1 amide bonds. The molecule has 0 bridgehead atoms. The Morgan fingerprint density at radius 3 is 2.79 bits per heavy atom. The van der Waals surface area contributed by atoms with E-state index in [1.807, 2.05) is 24.5 Å². The molecule has 7 nitrogen and oxygen atoms in total. The molecule has 0 saturated heterocycles. The molecular weight excluding hydrogens is 380 g/mol. The molecule has 1 aliphatic carbocycles. The van der Waals surface area contributed by atoms with Crippen molar-refractivity contribution < 1.29 is 13.9 Å². The van der Waals surface area contributed by atoms with Gasteiger partial charge in [0.2, 0.25) is 17.7 Å². The SMILES string of the molecule is COc1ccc(NC(=O)Cn2c(C)cc(-c3nnc(C4CC4)o3)c2C)cc1Cl. The average molecular weight is 401 g/mol. The Morgan fingerprint density at radius 2 is 2.11 bits per heavy atom. The number of carbonyl (C=O) groups excluding carboxylic acids is 1. The second-order valence-corrected chi connectivity index (χ2v) is 7.40. The van der Waals surface area contributed by atoms with Crippen LogP contribution in [0.25, 0.3) is 11.5 Å². The summed E-state index contributed by atoms with van der Waals surface area (Å²) in [4.78, 5) is 12.5. The van der Waals surface area contributed by atoms with Crippen LogP contribution in [0, 0.1) is 13.8 Å². The molecule has 1 aliphatic rings. The normalized spacial score (nSPS) is 13.6. The minimum Gasteiger partial charge on any atom is -0.495 e. The number of nitrogens with zero attached hydrogens (tertiary/aromatic N) is 3. The predicted octanol–water partition coefficient (Wildman–Crippen LogP) is 4.33. The molecule has 1 aromatic carbocycles. The quantitative estimate of drug-likeness (QED) is 0.665. The fourth-order valence-corrected chi connectivity index (χ4v) is 3.45. The molecule has 0 aliphatic heterocycles. The number of hydrogen-bond donors (Lipinski definition) is 1. The first-order valence-corrected chi connectivity index (χ1v) is 9.48. The highest BCUT2D eigenvalue weighted by atomic mass is 35.5. The number of anilines is 1. The maximum atomic E-state index is 12.5. The van der Waals surface area contributed by atoms with Gasteiger partial charge in [-0.05, 0) is 51.0 Å². The summed E-state index contributed by atoms with van der Waals surface area (Å²) in [5.74, 6) is 2.02. The van der Waals surface area contributed by atoms with Crippen molar-refractivity contribution in [3.05, 3.63) is 46.6 Å². The number of benzene rings is 1. The van der Waals surface area contributed by atoms with Gasteiger partial charge in [-0.2, -0.15) is 0 Å². The van der Waals surface area contributed by atoms with E-state index in [1.54, 1.807) is 25.3 Å². The van der Waals surface area contributed by atoms with Crippen molar-refractivity contribution in [3.8, 4) is 17.2 Å². The largest absolute Gasteiger partial charge is 0.495 e. The van der Waals surface area contributed by atoms with E-state index < -0.39 is 0 Å². The number of hydrogen-bond acceptors (Lipinski definition) is 5. The number of aryl methyl sites for hydroxylation is 1. The highest BCUT2D eigenvalue weighted by Gasteiger charge is 2.30. The first-order chi connectivity index (χ1) is 13.5. The van der Waals surface area contributed by atoms with Gasteiger partial charge in [-0.15, -0.1) is 10.2 Å². The number of amides is 1. The number of methoxy groups -OCH3 is 1. The summed E-state index contributed by atoms with van der Waals surface area (Å²) < 4.78 is 12.9. The Hall–Kier alpha value is -2.80. The molecule has 0 radical (unpaired) electrons. The fourth-order valence-electron chi connectivity index (χ4n) is 3.19. The van der Waals surface area contributed by atoms with E-state index in [1.165, 1.54) is 0 Å². The zero-order valence-corrected chi connectivity index (χ0v) is 16.7. The van der Waals surface area contributed by atoms with Gasteiger partial charge in [0, 0.05) is 23.0 Å². The third kappa shape index (κ3) is 3.62. The third-order valence-corrected chi connectivity index (χ3v) is 5.20. The molecule has 0 spiro atoms. The van der Waals surface area contributed by atoms with Crippen LogP contribution in [-0.2, 0) is 11.3 Å². The molecule has 0 unspecified atom stereocenters. The van der Waals surface area contributed by atoms with Crippen molar-refractivity contribution in [1.82, 2.24) is 14.8 Å². The van der Waals surface area contributed by atoms with Crippen LogP contribution in [0.3, 0.4) is 0 Å². The zero-order chi connectivity index (χ0) is 19.8. The minimum atomic E-state index is -0.154. The Labute approximate surface area is 167 Å². The average Bonchev–Trinajstić information content (AvgIpc) is 3.34. The van der Waals surface area contributed by atoms with E-state index in [0.29, 0.717) is 34.2 Å². The Balaban J connectivity index is 1.50. The summed E-state index contributed by atoms with van der Waals surface area (Å²) in [5.41, 5.74) is 3.33. The first-order valence-electron chi connectivity index (χ1n) is 9.10. The summed E-state index contributed by atoms with van der Waals surface area (Å²) in [7, 11) is 1.55. The van der Waals surface area contributed by atoms with Crippen LogP contribution in [0.1, 0.15) is 36.0 Å². The number of carbonyl (C=O) groups is 1. The predicted molar refractivity (Wildman–Crippen MR) is 106 cm³/mol. The van der Waals surface area contributed by atoms with Crippen LogP contribution in [0.4, 0.5) is 5.69 Å². The van der Waals surface area contributed by atoms with Gasteiger partial charge in [0.25, 0.3) is 0 Å². The topological polar surface area (TPSA) is 82.2 Å². The number of rotatable bonds is 6. The highest BCUT2D eigenvalue weighted by Crippen LogP contribution is 2.40. The molecule has 2 aromatic heterocycles. The van der Waals surface area contributed by atoms with Gasteiger partial charge in [0.15, 0.2) is 0 Å². The fraction of sp³-hybridized carbons (Fsp3) is 0.350. The first kappa shape index (κ1) is 18.6. The molecule has 2 heterocycles. The smallest absolute Gasteiger partial charge is 0.249 e. The van der Waals surface area contributed by atoms with Gasteiger partial charge in [0.1, 0.15) is 12.3 Å². The molecule has 4 rings (SSSR count). The second-order valence-electron chi connectivity index (χ2n) is 6.99. The lowest BCUT2D eigenvalue weighted by atomic mass is 10.2. The second kappa shape index (κ2) is 7.31. The maximum Gasteiger partial charge on any atom is 0.249 e. The Bertz CT molecular complexity index is 1040. The maximum absolute atomic E-state index is 12.5. The van der Waals surface area contributed by atoms with Gasteiger partial charge in [0.05, 0.1) is 17.7 Å². The number of aromatic nitrogens is 3. The molecule has 0 atom stereocenters. The molecular formula is C20H21ClN4O3. The lowest BCUT2D eigenvalue weighted by molar-refractivity contribution is -0.116. The number of ether oxygens (including phenoxy) is 1. The van der Waals surface area contributed by atoms with Crippen LogP contribution < -0.4 is 10.1 Å². The van der Waals surface area contributed by atoms with Crippen molar-refractivity contribution >= 4 is 23.2 Å². The van der Waals surface area contributed by atoms with Crippen molar-refractivity contribution in [1.29, 1.82) is 0 Å². The van der Waals surface area contributed by atoms with E-state index in [4.69, 9.17) is 20.8 Å². The highest BCUT2D eigenvalue weighted by molar-refractivity contribution is 6.32. The summed E-state index contributed by atoms with van der Waals surface area (Å²) in [6.07, 6.45) is 2.21.